The quantitative estimate of drug-likeness (QED) is 0.528. The molecule has 1 fully saturated rings. The smallest absolute Gasteiger partial charge is 0.325 e. The molecular formula is C9H14N2O4. The summed E-state index contributed by atoms with van der Waals surface area (Å²) >= 11 is 0. The summed E-state index contributed by atoms with van der Waals surface area (Å²) in [7, 11) is 1.45. The molecule has 0 aliphatic heterocycles. The maximum absolute atomic E-state index is 11.6. The molecule has 6 heteroatoms. The van der Waals surface area contributed by atoms with E-state index in [1.54, 1.807) is 0 Å². The second-order valence-electron chi connectivity index (χ2n) is 3.69. The van der Waals surface area contributed by atoms with Crippen molar-refractivity contribution in [1.82, 2.24) is 10.6 Å². The van der Waals surface area contributed by atoms with Gasteiger partial charge in [0.15, 0.2) is 0 Å². The van der Waals surface area contributed by atoms with E-state index in [9.17, 15) is 14.4 Å². The summed E-state index contributed by atoms with van der Waals surface area (Å²) in [5.41, 5.74) is -1.03. The number of hydrogen-bond acceptors (Lipinski definition) is 3. The van der Waals surface area contributed by atoms with Crippen LogP contribution in [0.1, 0.15) is 19.8 Å². The molecule has 84 valence electrons. The number of rotatable bonds is 4. The Kier molecular flexibility index (Phi) is 2.97. The molecule has 1 atom stereocenters. The second-order valence-corrected chi connectivity index (χ2v) is 3.69. The molecule has 1 rings (SSSR count). The van der Waals surface area contributed by atoms with Crippen LogP contribution in [0.25, 0.3) is 0 Å². The van der Waals surface area contributed by atoms with Gasteiger partial charge in [0.2, 0.25) is 11.8 Å². The van der Waals surface area contributed by atoms with Crippen LogP contribution in [0, 0.1) is 5.41 Å². The third-order valence-corrected chi connectivity index (χ3v) is 2.56. The summed E-state index contributed by atoms with van der Waals surface area (Å²) in [4.78, 5) is 33.5. The molecule has 1 aliphatic rings. The number of aliphatic carboxylic acids is 1. The number of carboxylic acid groups (broad SMARTS) is 1. The highest BCUT2D eigenvalue weighted by atomic mass is 16.4. The zero-order valence-electron chi connectivity index (χ0n) is 8.66. The number of carbonyl (C=O) groups is 3. The minimum absolute atomic E-state index is 0.349. The molecule has 0 aromatic heterocycles. The van der Waals surface area contributed by atoms with Crippen LogP contribution in [-0.2, 0) is 14.4 Å². The number of amides is 2. The number of carboxylic acids is 1. The Hall–Kier alpha value is -1.59. The molecule has 0 aromatic rings. The van der Waals surface area contributed by atoms with Gasteiger partial charge in [0.05, 0.1) is 0 Å². The molecule has 0 aromatic carbocycles. The fourth-order valence-corrected chi connectivity index (χ4v) is 1.32. The number of carbonyl (C=O) groups excluding carboxylic acids is 2. The number of nitrogens with one attached hydrogen (secondary N) is 2. The summed E-state index contributed by atoms with van der Waals surface area (Å²) in [5.74, 6) is -1.97. The van der Waals surface area contributed by atoms with E-state index in [2.05, 4.69) is 10.6 Å². The van der Waals surface area contributed by atoms with Gasteiger partial charge >= 0.3 is 5.97 Å². The first-order valence-corrected chi connectivity index (χ1v) is 4.70. The maximum Gasteiger partial charge on any atom is 0.325 e. The third kappa shape index (κ3) is 2.08. The van der Waals surface area contributed by atoms with Gasteiger partial charge in [0.25, 0.3) is 0 Å². The highest BCUT2D eigenvalue weighted by molar-refractivity contribution is 6.08. The van der Waals surface area contributed by atoms with Gasteiger partial charge in [-0.25, -0.2) is 0 Å². The number of hydrogen-bond donors (Lipinski definition) is 3. The van der Waals surface area contributed by atoms with Gasteiger partial charge in [0, 0.05) is 7.05 Å². The molecule has 3 N–H and O–H groups in total. The van der Waals surface area contributed by atoms with Crippen molar-refractivity contribution in [3.8, 4) is 0 Å². The van der Waals surface area contributed by atoms with Gasteiger partial charge in [-0.05, 0) is 19.8 Å². The van der Waals surface area contributed by atoms with Crippen molar-refractivity contribution >= 4 is 17.8 Å². The van der Waals surface area contributed by atoms with Crippen LogP contribution in [0.2, 0.25) is 0 Å². The van der Waals surface area contributed by atoms with Crippen LogP contribution >= 0.6 is 0 Å². The molecule has 0 spiro atoms. The minimum atomic E-state index is -1.11. The summed E-state index contributed by atoms with van der Waals surface area (Å²) in [6, 6.07) is -0.973. The highest BCUT2D eigenvalue weighted by Gasteiger charge is 2.56. The standard InChI is InChI=1S/C9H14N2O4/c1-5(6(12)13)11-8(15)9(3-4-9)7(14)10-2/h5H,3-4H2,1-2H3,(H,10,14)(H,11,15)(H,12,13). The van der Waals surface area contributed by atoms with Gasteiger partial charge < -0.3 is 15.7 Å². The van der Waals surface area contributed by atoms with Crippen LogP contribution in [0.4, 0.5) is 0 Å². The largest absolute Gasteiger partial charge is 0.480 e. The molecule has 0 saturated heterocycles. The lowest BCUT2D eigenvalue weighted by Gasteiger charge is -2.15. The minimum Gasteiger partial charge on any atom is -0.480 e. The van der Waals surface area contributed by atoms with Gasteiger partial charge in [-0.15, -0.1) is 0 Å². The fourth-order valence-electron chi connectivity index (χ4n) is 1.32. The third-order valence-electron chi connectivity index (χ3n) is 2.56. The first-order chi connectivity index (χ1) is 6.94. The lowest BCUT2D eigenvalue weighted by molar-refractivity contribution is -0.144. The van der Waals surface area contributed by atoms with E-state index in [0.717, 1.165) is 0 Å². The first kappa shape index (κ1) is 11.5. The van der Waals surface area contributed by atoms with Gasteiger partial charge in [0.1, 0.15) is 11.5 Å². The van der Waals surface area contributed by atoms with Crippen molar-refractivity contribution in [2.75, 3.05) is 7.05 Å². The van der Waals surface area contributed by atoms with Crippen molar-refractivity contribution in [3.05, 3.63) is 0 Å². The van der Waals surface area contributed by atoms with E-state index in [-0.39, 0.29) is 5.91 Å². The maximum atomic E-state index is 11.6. The molecule has 6 nitrogen and oxygen atoms in total. The molecule has 1 aliphatic carbocycles. The Balaban J connectivity index is 2.62. The first-order valence-electron chi connectivity index (χ1n) is 4.70. The lowest BCUT2D eigenvalue weighted by Crippen LogP contribution is -2.47. The van der Waals surface area contributed by atoms with Crippen molar-refractivity contribution < 1.29 is 19.5 Å². The summed E-state index contributed by atoms with van der Waals surface area (Å²) < 4.78 is 0. The Morgan fingerprint density at radius 2 is 1.80 bits per heavy atom. The predicted octanol–water partition coefficient (Wildman–Crippen LogP) is -0.898. The molecule has 1 unspecified atom stereocenters. The van der Waals surface area contributed by atoms with Gasteiger partial charge in [-0.1, -0.05) is 0 Å². The van der Waals surface area contributed by atoms with Crippen molar-refractivity contribution in [2.24, 2.45) is 5.41 Å². The Morgan fingerprint density at radius 1 is 1.27 bits per heavy atom. The van der Waals surface area contributed by atoms with E-state index in [1.165, 1.54) is 14.0 Å². The van der Waals surface area contributed by atoms with Crippen molar-refractivity contribution in [2.45, 2.75) is 25.8 Å². The Morgan fingerprint density at radius 3 is 2.13 bits per heavy atom. The predicted molar refractivity (Wildman–Crippen MR) is 51.0 cm³/mol. The topological polar surface area (TPSA) is 95.5 Å². The van der Waals surface area contributed by atoms with E-state index in [1.807, 2.05) is 0 Å². The monoisotopic (exact) mass is 214 g/mol. The summed E-state index contributed by atoms with van der Waals surface area (Å²) in [6.45, 7) is 1.36. The van der Waals surface area contributed by atoms with E-state index >= 15 is 0 Å². The Bertz CT molecular complexity index is 309. The van der Waals surface area contributed by atoms with Gasteiger partial charge in [-0.3, -0.25) is 14.4 Å². The molecular weight excluding hydrogens is 200 g/mol. The molecule has 0 radical (unpaired) electrons. The average molecular weight is 214 g/mol. The zero-order valence-corrected chi connectivity index (χ0v) is 8.66. The van der Waals surface area contributed by atoms with Crippen LogP contribution in [-0.4, -0.2) is 36.0 Å². The van der Waals surface area contributed by atoms with E-state index in [4.69, 9.17) is 5.11 Å². The van der Waals surface area contributed by atoms with E-state index in [0.29, 0.717) is 12.8 Å². The summed E-state index contributed by atoms with van der Waals surface area (Å²) in [6.07, 6.45) is 0.954. The summed E-state index contributed by atoms with van der Waals surface area (Å²) in [5, 5.41) is 13.3. The Labute approximate surface area is 87.0 Å². The van der Waals surface area contributed by atoms with Crippen LogP contribution in [0.15, 0.2) is 0 Å². The lowest BCUT2D eigenvalue weighted by atomic mass is 10.1. The SMILES string of the molecule is CNC(=O)C1(C(=O)NC(C)C(=O)O)CC1. The molecule has 0 heterocycles. The molecule has 2 amide bonds. The van der Waals surface area contributed by atoms with Crippen LogP contribution < -0.4 is 10.6 Å². The van der Waals surface area contributed by atoms with Crippen molar-refractivity contribution in [3.63, 3.8) is 0 Å². The molecule has 1 saturated carbocycles. The molecule has 15 heavy (non-hydrogen) atoms. The van der Waals surface area contributed by atoms with E-state index < -0.39 is 23.3 Å². The fraction of sp³-hybridized carbons (Fsp3) is 0.667. The average Bonchev–Trinajstić information content (AvgIpc) is 2.97. The highest BCUT2D eigenvalue weighted by Crippen LogP contribution is 2.46. The van der Waals surface area contributed by atoms with Crippen molar-refractivity contribution in [1.29, 1.82) is 0 Å². The second kappa shape index (κ2) is 3.88. The normalized spacial score (nSPS) is 18.8. The molecule has 0 bridgehead atoms. The van der Waals surface area contributed by atoms with Gasteiger partial charge in [-0.2, -0.15) is 0 Å². The van der Waals surface area contributed by atoms with Crippen LogP contribution in [0.3, 0.4) is 0 Å². The zero-order chi connectivity index (χ0) is 11.6. The van der Waals surface area contributed by atoms with Crippen LogP contribution in [0.5, 0.6) is 0 Å².